The number of carbonyl (C=O) groups is 4. The lowest BCUT2D eigenvalue weighted by Gasteiger charge is -2.31. The molecule has 0 aromatic heterocycles. The Kier molecular flexibility index (Phi) is 5.70. The molecular weight excluding hydrogens is 392 g/mol. The Hall–Kier alpha value is -3.16. The van der Waals surface area contributed by atoms with Gasteiger partial charge in [-0.15, -0.1) is 0 Å². The number of ether oxygens (including phenoxy) is 4. The second kappa shape index (κ2) is 7.93. The number of fused-ring (bicyclic) bond motifs is 3. The third-order valence-electron chi connectivity index (χ3n) is 5.47. The van der Waals surface area contributed by atoms with Gasteiger partial charge in [0.1, 0.15) is 24.6 Å². The van der Waals surface area contributed by atoms with Crippen molar-refractivity contribution in [2.24, 2.45) is 5.92 Å². The predicted molar refractivity (Wildman–Crippen MR) is 104 cm³/mol. The average Bonchev–Trinajstić information content (AvgIpc) is 3.11. The van der Waals surface area contributed by atoms with E-state index in [-0.39, 0.29) is 30.0 Å². The molecule has 3 rings (SSSR count). The number of carbonyl (C=O) groups excluding carboxylic acids is 4. The van der Waals surface area contributed by atoms with Gasteiger partial charge in [0.25, 0.3) is 0 Å². The molecule has 30 heavy (non-hydrogen) atoms. The summed E-state index contributed by atoms with van der Waals surface area (Å²) < 4.78 is 21.9. The fraction of sp³-hybridized carbons (Fsp3) is 0.455. The van der Waals surface area contributed by atoms with E-state index in [1.165, 1.54) is 19.1 Å². The van der Waals surface area contributed by atoms with Gasteiger partial charge in [-0.1, -0.05) is 12.7 Å². The highest BCUT2D eigenvalue weighted by Crippen LogP contribution is 2.42. The molecule has 2 unspecified atom stereocenters. The number of rotatable bonds is 4. The molecule has 1 fully saturated rings. The fourth-order valence-electron chi connectivity index (χ4n) is 3.72. The van der Waals surface area contributed by atoms with Crippen molar-refractivity contribution in [3.63, 3.8) is 0 Å². The molecule has 0 aliphatic carbocycles. The quantitative estimate of drug-likeness (QED) is 0.390. The first-order chi connectivity index (χ1) is 14.1. The number of ketones is 1. The first-order valence-electron chi connectivity index (χ1n) is 9.59. The van der Waals surface area contributed by atoms with E-state index in [1.807, 2.05) is 0 Å². The van der Waals surface area contributed by atoms with Crippen LogP contribution in [0.4, 0.5) is 0 Å². The lowest BCUT2D eigenvalue weighted by Crippen LogP contribution is -2.43. The van der Waals surface area contributed by atoms with Crippen LogP contribution in [0.5, 0.6) is 0 Å². The highest BCUT2D eigenvalue weighted by molar-refractivity contribution is 6.00. The first-order valence-corrected chi connectivity index (χ1v) is 9.59. The number of hydrogen-bond donors (Lipinski definition) is 0. The standard InChI is InChI=1S/C22H24O8/c1-6-14(10-27-13(4)23)21(26)29-17-9-22(5)18(24)8-15(30-22)11(2)7-16-19(17)12(3)20(25)28-16/h6-8,16-17,19H,3,9-10H2,1-2,4-5H3/b11-7-,14-6+/t16-,17+,19?,22?/m0/s1. The number of allylic oxidation sites excluding steroid dienone is 2. The highest BCUT2D eigenvalue weighted by Gasteiger charge is 2.51. The van der Waals surface area contributed by atoms with Gasteiger partial charge in [0, 0.05) is 25.0 Å². The number of hydrogen-bond acceptors (Lipinski definition) is 8. The molecule has 160 valence electrons. The monoisotopic (exact) mass is 416 g/mol. The van der Waals surface area contributed by atoms with Crippen molar-refractivity contribution in [2.45, 2.75) is 51.9 Å². The molecule has 3 heterocycles. The van der Waals surface area contributed by atoms with E-state index >= 15 is 0 Å². The third-order valence-corrected chi connectivity index (χ3v) is 5.47. The molecule has 8 nitrogen and oxygen atoms in total. The van der Waals surface area contributed by atoms with Gasteiger partial charge in [0.15, 0.2) is 5.60 Å². The van der Waals surface area contributed by atoms with Crippen LogP contribution in [0.2, 0.25) is 0 Å². The van der Waals surface area contributed by atoms with E-state index in [2.05, 4.69) is 6.58 Å². The van der Waals surface area contributed by atoms with Gasteiger partial charge in [-0.25, -0.2) is 9.59 Å². The van der Waals surface area contributed by atoms with Crippen molar-refractivity contribution in [1.82, 2.24) is 0 Å². The zero-order chi connectivity index (χ0) is 22.2. The molecule has 3 aliphatic heterocycles. The van der Waals surface area contributed by atoms with Crippen LogP contribution in [0.1, 0.15) is 34.1 Å². The second-order valence-electron chi connectivity index (χ2n) is 7.72. The zero-order valence-corrected chi connectivity index (χ0v) is 17.4. The Labute approximate surface area is 174 Å². The lowest BCUT2D eigenvalue weighted by atomic mass is 9.82. The summed E-state index contributed by atoms with van der Waals surface area (Å²) in [5, 5.41) is 0. The van der Waals surface area contributed by atoms with Gasteiger partial charge < -0.3 is 18.9 Å². The summed E-state index contributed by atoms with van der Waals surface area (Å²) in [4.78, 5) is 48.7. The van der Waals surface area contributed by atoms with Crippen molar-refractivity contribution < 1.29 is 38.1 Å². The zero-order valence-electron chi connectivity index (χ0n) is 17.4. The van der Waals surface area contributed by atoms with E-state index in [0.29, 0.717) is 11.3 Å². The van der Waals surface area contributed by atoms with Crippen molar-refractivity contribution in [1.29, 1.82) is 0 Å². The van der Waals surface area contributed by atoms with E-state index in [0.717, 1.165) is 0 Å². The second-order valence-corrected chi connectivity index (χ2v) is 7.72. The molecule has 0 saturated carbocycles. The van der Waals surface area contributed by atoms with Crippen molar-refractivity contribution in [2.75, 3.05) is 6.61 Å². The maximum Gasteiger partial charge on any atom is 0.337 e. The van der Waals surface area contributed by atoms with Crippen molar-refractivity contribution >= 4 is 23.7 Å². The summed E-state index contributed by atoms with van der Waals surface area (Å²) in [5.41, 5.74) is -0.332. The molecule has 1 saturated heterocycles. The van der Waals surface area contributed by atoms with E-state index in [4.69, 9.17) is 18.9 Å². The lowest BCUT2D eigenvalue weighted by molar-refractivity contribution is -0.154. The maximum absolute atomic E-state index is 12.8. The molecule has 0 spiro atoms. The molecule has 0 aromatic rings. The van der Waals surface area contributed by atoms with Gasteiger partial charge in [-0.2, -0.15) is 0 Å². The molecule has 0 amide bonds. The Morgan fingerprint density at radius 2 is 2.07 bits per heavy atom. The summed E-state index contributed by atoms with van der Waals surface area (Å²) in [6.07, 6.45) is 2.90. The molecule has 8 heteroatoms. The van der Waals surface area contributed by atoms with Crippen LogP contribution >= 0.6 is 0 Å². The van der Waals surface area contributed by atoms with Gasteiger partial charge in [-0.05, 0) is 32.4 Å². The van der Waals surface area contributed by atoms with E-state index in [9.17, 15) is 19.2 Å². The van der Waals surface area contributed by atoms with Crippen LogP contribution < -0.4 is 0 Å². The molecule has 0 radical (unpaired) electrons. The molecular formula is C22H24O8. The van der Waals surface area contributed by atoms with Gasteiger partial charge in [0.2, 0.25) is 5.78 Å². The normalized spacial score (nSPS) is 32.5. The largest absolute Gasteiger partial charge is 0.479 e. The first kappa shape index (κ1) is 21.5. The average molecular weight is 416 g/mol. The Morgan fingerprint density at radius 1 is 1.37 bits per heavy atom. The Balaban J connectivity index is 1.95. The molecule has 0 aromatic carbocycles. The Morgan fingerprint density at radius 3 is 2.70 bits per heavy atom. The summed E-state index contributed by atoms with van der Waals surface area (Å²) in [6.45, 7) is 9.77. The predicted octanol–water partition coefficient (Wildman–Crippen LogP) is 2.10. The molecule has 4 atom stereocenters. The minimum absolute atomic E-state index is 0.0000791. The summed E-state index contributed by atoms with van der Waals surface area (Å²) >= 11 is 0. The van der Waals surface area contributed by atoms with Gasteiger partial charge >= 0.3 is 17.9 Å². The van der Waals surface area contributed by atoms with Crippen LogP contribution in [0.25, 0.3) is 0 Å². The maximum atomic E-state index is 12.8. The van der Waals surface area contributed by atoms with Crippen LogP contribution in [-0.2, 0) is 38.1 Å². The van der Waals surface area contributed by atoms with Crippen molar-refractivity contribution in [3.8, 4) is 0 Å². The number of esters is 3. The SMILES string of the molecule is C=C1C(=O)O[C@H]2/C=C(/C)C3=CC(=O)C(C)(C[C@@H](OC(=O)/C(=C/C)COC(C)=O)C12)O3. The van der Waals surface area contributed by atoms with Crippen molar-refractivity contribution in [3.05, 3.63) is 47.3 Å². The smallest absolute Gasteiger partial charge is 0.337 e. The summed E-state index contributed by atoms with van der Waals surface area (Å²) in [6, 6.07) is 0. The van der Waals surface area contributed by atoms with Gasteiger partial charge in [0.05, 0.1) is 11.5 Å². The van der Waals surface area contributed by atoms with Crippen LogP contribution in [0.3, 0.4) is 0 Å². The minimum Gasteiger partial charge on any atom is -0.479 e. The fourth-order valence-corrected chi connectivity index (χ4v) is 3.72. The topological polar surface area (TPSA) is 105 Å². The minimum atomic E-state index is -1.26. The molecule has 3 aliphatic rings. The van der Waals surface area contributed by atoms with Crippen LogP contribution in [0.15, 0.2) is 47.3 Å². The highest BCUT2D eigenvalue weighted by atomic mass is 16.6. The van der Waals surface area contributed by atoms with Gasteiger partial charge in [-0.3, -0.25) is 9.59 Å². The Bertz CT molecular complexity index is 921. The van der Waals surface area contributed by atoms with Crippen LogP contribution in [0, 0.1) is 5.92 Å². The molecule has 0 N–H and O–H groups in total. The summed E-state index contributed by atoms with van der Waals surface area (Å²) in [5.74, 6) is -2.39. The van der Waals surface area contributed by atoms with E-state index < -0.39 is 41.6 Å². The van der Waals surface area contributed by atoms with E-state index in [1.54, 1.807) is 26.8 Å². The van der Waals surface area contributed by atoms with Crippen LogP contribution in [-0.4, -0.2) is 48.1 Å². The molecule has 2 bridgehead atoms. The third kappa shape index (κ3) is 3.94. The summed E-state index contributed by atoms with van der Waals surface area (Å²) in [7, 11) is 0.